The van der Waals surface area contributed by atoms with Crippen molar-refractivity contribution in [1.82, 2.24) is 0 Å². The third-order valence-electron chi connectivity index (χ3n) is 2.07. The number of nitrogens with two attached hydrogens (primary N) is 1. The van der Waals surface area contributed by atoms with E-state index in [2.05, 4.69) is 0 Å². The summed E-state index contributed by atoms with van der Waals surface area (Å²) in [7, 11) is 0. The summed E-state index contributed by atoms with van der Waals surface area (Å²) >= 11 is 0. The van der Waals surface area contributed by atoms with Crippen LogP contribution in [-0.2, 0) is 9.53 Å². The monoisotopic (exact) mass is 169 g/mol. The minimum atomic E-state index is -0.158. The number of hydrogen-bond acceptors (Lipinski definition) is 3. The van der Waals surface area contributed by atoms with Crippen LogP contribution in [0.1, 0.15) is 19.8 Å². The Morgan fingerprint density at radius 2 is 2.25 bits per heavy atom. The van der Waals surface area contributed by atoms with Gasteiger partial charge in [-0.1, -0.05) is 12.2 Å². The summed E-state index contributed by atoms with van der Waals surface area (Å²) in [6.07, 6.45) is 5.51. The van der Waals surface area contributed by atoms with Gasteiger partial charge in [0.25, 0.3) is 0 Å². The third-order valence-corrected chi connectivity index (χ3v) is 2.07. The van der Waals surface area contributed by atoms with Crippen LogP contribution in [0.4, 0.5) is 0 Å². The van der Waals surface area contributed by atoms with Crippen LogP contribution in [0.5, 0.6) is 0 Å². The van der Waals surface area contributed by atoms with E-state index < -0.39 is 0 Å². The fourth-order valence-electron chi connectivity index (χ4n) is 1.36. The molecule has 0 radical (unpaired) electrons. The molecule has 0 amide bonds. The van der Waals surface area contributed by atoms with Crippen molar-refractivity contribution < 1.29 is 9.53 Å². The Hall–Kier alpha value is -0.830. The smallest absolute Gasteiger partial charge is 0.310 e. The lowest BCUT2D eigenvalue weighted by molar-refractivity contribution is -0.148. The predicted molar refractivity (Wildman–Crippen MR) is 46.5 cm³/mol. The van der Waals surface area contributed by atoms with Gasteiger partial charge < -0.3 is 10.5 Å². The molecular weight excluding hydrogens is 154 g/mol. The highest BCUT2D eigenvalue weighted by Crippen LogP contribution is 2.18. The molecule has 12 heavy (non-hydrogen) atoms. The van der Waals surface area contributed by atoms with Crippen molar-refractivity contribution in [3.8, 4) is 0 Å². The highest BCUT2D eigenvalue weighted by molar-refractivity contribution is 5.73. The van der Waals surface area contributed by atoms with Crippen LogP contribution in [-0.4, -0.2) is 18.6 Å². The number of esters is 1. The summed E-state index contributed by atoms with van der Waals surface area (Å²) in [4.78, 5) is 11.3. The molecule has 3 nitrogen and oxygen atoms in total. The zero-order chi connectivity index (χ0) is 8.97. The molecule has 0 aromatic rings. The van der Waals surface area contributed by atoms with E-state index in [4.69, 9.17) is 10.5 Å². The third kappa shape index (κ3) is 2.08. The standard InChI is InChI=1S/C9H15NO2/c1-2-12-9(11)7-5-3-4-6-8(7)10/h3-4,7-8H,2,5-6,10H2,1H3. The second-order valence-electron chi connectivity index (χ2n) is 2.97. The number of allylic oxidation sites excluding steroid dienone is 1. The normalized spacial score (nSPS) is 28.5. The highest BCUT2D eigenvalue weighted by Gasteiger charge is 2.26. The molecule has 1 aliphatic carbocycles. The minimum Gasteiger partial charge on any atom is -0.466 e. The molecule has 68 valence electrons. The van der Waals surface area contributed by atoms with Crippen LogP contribution in [0.2, 0.25) is 0 Å². The number of carbonyl (C=O) groups is 1. The molecule has 0 saturated heterocycles. The van der Waals surface area contributed by atoms with Gasteiger partial charge in [0.15, 0.2) is 0 Å². The van der Waals surface area contributed by atoms with E-state index in [9.17, 15) is 4.79 Å². The quantitative estimate of drug-likeness (QED) is 0.492. The summed E-state index contributed by atoms with van der Waals surface area (Å²) in [5.74, 6) is -0.288. The molecule has 3 heteroatoms. The second kappa shape index (κ2) is 4.26. The molecule has 0 bridgehead atoms. The van der Waals surface area contributed by atoms with Crippen LogP contribution >= 0.6 is 0 Å². The number of carbonyl (C=O) groups excluding carboxylic acids is 1. The maximum absolute atomic E-state index is 11.3. The summed E-state index contributed by atoms with van der Waals surface area (Å²) in [6.45, 7) is 2.24. The average Bonchev–Trinajstić information content (AvgIpc) is 2.05. The Kier molecular flexibility index (Phi) is 3.29. The van der Waals surface area contributed by atoms with Crippen molar-refractivity contribution in [2.75, 3.05) is 6.61 Å². The Balaban J connectivity index is 2.49. The van der Waals surface area contributed by atoms with Crippen LogP contribution in [0.25, 0.3) is 0 Å². The van der Waals surface area contributed by atoms with Crippen molar-refractivity contribution >= 4 is 5.97 Å². The molecule has 0 fully saturated rings. The fraction of sp³-hybridized carbons (Fsp3) is 0.667. The Morgan fingerprint density at radius 1 is 1.58 bits per heavy atom. The van der Waals surface area contributed by atoms with Crippen molar-refractivity contribution in [3.63, 3.8) is 0 Å². The van der Waals surface area contributed by atoms with Gasteiger partial charge in [-0.3, -0.25) is 4.79 Å². The van der Waals surface area contributed by atoms with Crippen molar-refractivity contribution in [2.45, 2.75) is 25.8 Å². The molecule has 2 N–H and O–H groups in total. The summed E-state index contributed by atoms with van der Waals surface area (Å²) in [6, 6.07) is -0.0611. The molecule has 0 heterocycles. The van der Waals surface area contributed by atoms with Crippen molar-refractivity contribution in [1.29, 1.82) is 0 Å². The second-order valence-corrected chi connectivity index (χ2v) is 2.97. The van der Waals surface area contributed by atoms with E-state index >= 15 is 0 Å². The number of ether oxygens (including phenoxy) is 1. The highest BCUT2D eigenvalue weighted by atomic mass is 16.5. The Labute approximate surface area is 72.6 Å². The van der Waals surface area contributed by atoms with E-state index in [-0.39, 0.29) is 17.9 Å². The van der Waals surface area contributed by atoms with Gasteiger partial charge in [0.1, 0.15) is 0 Å². The van der Waals surface area contributed by atoms with Gasteiger partial charge in [-0.25, -0.2) is 0 Å². The first kappa shape index (κ1) is 9.26. The van der Waals surface area contributed by atoms with E-state index in [0.29, 0.717) is 6.61 Å². The van der Waals surface area contributed by atoms with Gasteiger partial charge in [0.05, 0.1) is 12.5 Å². The predicted octanol–water partition coefficient (Wildman–Crippen LogP) is 0.843. The van der Waals surface area contributed by atoms with Gasteiger partial charge in [-0.15, -0.1) is 0 Å². The maximum atomic E-state index is 11.3. The van der Waals surface area contributed by atoms with E-state index in [1.54, 1.807) is 0 Å². The number of rotatable bonds is 2. The molecule has 0 aromatic carbocycles. The zero-order valence-electron chi connectivity index (χ0n) is 7.32. The van der Waals surface area contributed by atoms with Crippen LogP contribution in [0.15, 0.2) is 12.2 Å². The Morgan fingerprint density at radius 3 is 2.83 bits per heavy atom. The summed E-state index contributed by atoms with van der Waals surface area (Å²) in [5, 5.41) is 0. The van der Waals surface area contributed by atoms with Crippen molar-refractivity contribution in [2.24, 2.45) is 11.7 Å². The van der Waals surface area contributed by atoms with Crippen LogP contribution in [0, 0.1) is 5.92 Å². The van der Waals surface area contributed by atoms with E-state index in [0.717, 1.165) is 12.8 Å². The molecule has 0 aromatic heterocycles. The van der Waals surface area contributed by atoms with Gasteiger partial charge >= 0.3 is 5.97 Å². The first-order valence-electron chi connectivity index (χ1n) is 4.33. The average molecular weight is 169 g/mol. The SMILES string of the molecule is CCOC(=O)C1CC=CCC1N. The number of hydrogen-bond donors (Lipinski definition) is 1. The lowest BCUT2D eigenvalue weighted by Crippen LogP contribution is -2.37. The van der Waals surface area contributed by atoms with Gasteiger partial charge in [-0.05, 0) is 19.8 Å². The molecule has 1 rings (SSSR count). The molecular formula is C9H15NO2. The molecule has 0 saturated carbocycles. The molecule has 0 spiro atoms. The van der Waals surface area contributed by atoms with Crippen LogP contribution < -0.4 is 5.73 Å². The maximum Gasteiger partial charge on any atom is 0.310 e. The van der Waals surface area contributed by atoms with E-state index in [1.807, 2.05) is 19.1 Å². The summed E-state index contributed by atoms with van der Waals surface area (Å²) in [5.41, 5.74) is 5.76. The lowest BCUT2D eigenvalue weighted by atomic mass is 9.90. The lowest BCUT2D eigenvalue weighted by Gasteiger charge is -2.22. The largest absolute Gasteiger partial charge is 0.466 e. The fourth-order valence-corrected chi connectivity index (χ4v) is 1.36. The van der Waals surface area contributed by atoms with Gasteiger partial charge in [0, 0.05) is 6.04 Å². The topological polar surface area (TPSA) is 52.3 Å². The first-order valence-corrected chi connectivity index (χ1v) is 4.33. The first-order chi connectivity index (χ1) is 5.75. The summed E-state index contributed by atoms with van der Waals surface area (Å²) < 4.78 is 4.90. The Bertz CT molecular complexity index is 189. The molecule has 2 atom stereocenters. The molecule has 1 aliphatic rings. The molecule has 0 aliphatic heterocycles. The molecule has 2 unspecified atom stereocenters. The zero-order valence-corrected chi connectivity index (χ0v) is 7.32. The van der Waals surface area contributed by atoms with Crippen molar-refractivity contribution in [3.05, 3.63) is 12.2 Å². The minimum absolute atomic E-state index is 0.0611. The van der Waals surface area contributed by atoms with Crippen LogP contribution in [0.3, 0.4) is 0 Å². The van der Waals surface area contributed by atoms with E-state index in [1.165, 1.54) is 0 Å². The van der Waals surface area contributed by atoms with Gasteiger partial charge in [-0.2, -0.15) is 0 Å². The van der Waals surface area contributed by atoms with Gasteiger partial charge in [0.2, 0.25) is 0 Å².